The van der Waals surface area contributed by atoms with Gasteiger partial charge in [0.15, 0.2) is 0 Å². The number of carbonyl (C=O) groups excluding carboxylic acids is 1. The first-order valence-corrected chi connectivity index (χ1v) is 7.73. The Morgan fingerprint density at radius 3 is 2.39 bits per heavy atom. The Balaban J connectivity index is 1.76. The van der Waals surface area contributed by atoms with Crippen LogP contribution in [0.3, 0.4) is 0 Å². The molecule has 1 atom stereocenters. The Hall–Kier alpha value is -0.570. The molecule has 3 heteroatoms. The van der Waals surface area contributed by atoms with E-state index in [1.165, 1.54) is 32.1 Å². The molecular weight excluding hydrogens is 224 g/mol. The molecule has 18 heavy (non-hydrogen) atoms. The van der Waals surface area contributed by atoms with Gasteiger partial charge in [-0.25, -0.2) is 0 Å². The summed E-state index contributed by atoms with van der Waals surface area (Å²) in [4.78, 5) is 14.8. The van der Waals surface area contributed by atoms with Crippen molar-refractivity contribution in [3.05, 3.63) is 0 Å². The number of rotatable bonds is 4. The topological polar surface area (TPSA) is 32.3 Å². The van der Waals surface area contributed by atoms with Gasteiger partial charge in [-0.05, 0) is 43.9 Å². The maximum Gasteiger partial charge on any atom is 0.244 e. The molecule has 1 amide bonds. The second-order valence-electron chi connectivity index (χ2n) is 6.64. The zero-order valence-electron chi connectivity index (χ0n) is 11.8. The lowest BCUT2D eigenvalue weighted by molar-refractivity contribution is -0.132. The van der Waals surface area contributed by atoms with Crippen molar-refractivity contribution in [2.24, 2.45) is 5.41 Å². The quantitative estimate of drug-likeness (QED) is 0.832. The minimum atomic E-state index is -0.131. The van der Waals surface area contributed by atoms with Gasteiger partial charge in [-0.3, -0.25) is 10.1 Å². The first-order chi connectivity index (χ1) is 8.65. The zero-order chi connectivity index (χ0) is 12.8. The zero-order valence-corrected chi connectivity index (χ0v) is 11.8. The fourth-order valence-electron chi connectivity index (χ4n) is 3.97. The second-order valence-corrected chi connectivity index (χ2v) is 6.64. The summed E-state index contributed by atoms with van der Waals surface area (Å²) < 4.78 is 0. The van der Waals surface area contributed by atoms with Crippen molar-refractivity contribution in [1.82, 2.24) is 10.2 Å². The van der Waals surface area contributed by atoms with Crippen LogP contribution in [0.15, 0.2) is 0 Å². The molecule has 3 fully saturated rings. The van der Waals surface area contributed by atoms with E-state index in [-0.39, 0.29) is 5.54 Å². The maximum absolute atomic E-state index is 12.6. The smallest absolute Gasteiger partial charge is 0.244 e. The number of nitrogens with zero attached hydrogens (tertiary/aromatic N) is 1. The molecule has 1 unspecified atom stereocenters. The van der Waals surface area contributed by atoms with Crippen molar-refractivity contribution < 1.29 is 4.79 Å². The molecule has 0 bridgehead atoms. The van der Waals surface area contributed by atoms with Crippen molar-refractivity contribution >= 4 is 5.91 Å². The highest BCUT2D eigenvalue weighted by molar-refractivity contribution is 5.91. The lowest BCUT2D eigenvalue weighted by atomic mass is 9.82. The Labute approximate surface area is 110 Å². The summed E-state index contributed by atoms with van der Waals surface area (Å²) in [5.74, 6) is 0.397. The third kappa shape index (κ3) is 1.78. The van der Waals surface area contributed by atoms with Gasteiger partial charge in [-0.1, -0.05) is 26.7 Å². The molecule has 2 aliphatic carbocycles. The number of carbonyl (C=O) groups is 1. The van der Waals surface area contributed by atoms with E-state index in [1.54, 1.807) is 0 Å². The second kappa shape index (κ2) is 4.22. The number of hydrogen-bond donors (Lipinski definition) is 1. The monoisotopic (exact) mass is 250 g/mol. The van der Waals surface area contributed by atoms with Crippen LogP contribution in [0.2, 0.25) is 0 Å². The van der Waals surface area contributed by atoms with Crippen LogP contribution >= 0.6 is 0 Å². The van der Waals surface area contributed by atoms with Crippen LogP contribution in [-0.2, 0) is 4.79 Å². The van der Waals surface area contributed by atoms with Gasteiger partial charge in [-0.15, -0.1) is 0 Å². The molecule has 1 N–H and O–H groups in total. The standard InChI is InChI=1S/C15H26N2O/c1-3-12-16-15(9-10-15)13(18)17(12)11-14(4-2)7-5-6-8-14/h12,16H,3-11H2,1-2H3. The summed E-state index contributed by atoms with van der Waals surface area (Å²) in [6, 6.07) is 0. The van der Waals surface area contributed by atoms with E-state index < -0.39 is 0 Å². The molecule has 0 aromatic rings. The lowest BCUT2D eigenvalue weighted by Crippen LogP contribution is -2.43. The third-order valence-electron chi connectivity index (χ3n) is 5.55. The normalized spacial score (nSPS) is 32.4. The van der Waals surface area contributed by atoms with Crippen molar-refractivity contribution in [3.8, 4) is 0 Å². The first-order valence-electron chi connectivity index (χ1n) is 7.73. The van der Waals surface area contributed by atoms with Crippen LogP contribution in [0.1, 0.15) is 65.2 Å². The Bertz CT molecular complexity index is 342. The Kier molecular flexibility index (Phi) is 2.92. The molecule has 3 aliphatic rings. The molecule has 0 aromatic carbocycles. The average molecular weight is 250 g/mol. The Morgan fingerprint density at radius 1 is 1.22 bits per heavy atom. The summed E-state index contributed by atoms with van der Waals surface area (Å²) in [6.07, 6.45) is 10.00. The molecule has 1 heterocycles. The third-order valence-corrected chi connectivity index (χ3v) is 5.55. The van der Waals surface area contributed by atoms with Gasteiger partial charge >= 0.3 is 0 Å². The van der Waals surface area contributed by atoms with Gasteiger partial charge < -0.3 is 4.90 Å². The molecule has 1 spiro atoms. The van der Waals surface area contributed by atoms with Gasteiger partial charge in [-0.2, -0.15) is 0 Å². The van der Waals surface area contributed by atoms with Crippen molar-refractivity contribution in [3.63, 3.8) is 0 Å². The minimum absolute atomic E-state index is 0.131. The number of amides is 1. The van der Waals surface area contributed by atoms with E-state index in [1.807, 2.05) is 0 Å². The lowest BCUT2D eigenvalue weighted by Gasteiger charge is -2.35. The van der Waals surface area contributed by atoms with E-state index in [2.05, 4.69) is 24.1 Å². The van der Waals surface area contributed by atoms with Gasteiger partial charge in [0.05, 0.1) is 11.7 Å². The molecule has 1 aliphatic heterocycles. The molecule has 3 nitrogen and oxygen atoms in total. The molecule has 0 aromatic heterocycles. The van der Waals surface area contributed by atoms with Crippen molar-refractivity contribution in [2.75, 3.05) is 6.54 Å². The van der Waals surface area contributed by atoms with Crippen LogP contribution in [-0.4, -0.2) is 29.1 Å². The number of nitrogens with one attached hydrogen (secondary N) is 1. The average Bonchev–Trinajstić information content (AvgIpc) is 2.94. The fraction of sp³-hybridized carbons (Fsp3) is 0.933. The van der Waals surface area contributed by atoms with Gasteiger partial charge in [0.2, 0.25) is 5.91 Å². The van der Waals surface area contributed by atoms with E-state index in [0.717, 1.165) is 25.8 Å². The predicted molar refractivity (Wildman–Crippen MR) is 72.1 cm³/mol. The van der Waals surface area contributed by atoms with Crippen LogP contribution in [0.4, 0.5) is 0 Å². The minimum Gasteiger partial charge on any atom is -0.325 e. The van der Waals surface area contributed by atoms with Crippen LogP contribution in [0.25, 0.3) is 0 Å². The highest BCUT2D eigenvalue weighted by Gasteiger charge is 2.59. The Morgan fingerprint density at radius 2 is 1.89 bits per heavy atom. The van der Waals surface area contributed by atoms with E-state index >= 15 is 0 Å². The van der Waals surface area contributed by atoms with Crippen molar-refractivity contribution in [2.45, 2.75) is 76.9 Å². The maximum atomic E-state index is 12.6. The largest absolute Gasteiger partial charge is 0.325 e. The van der Waals surface area contributed by atoms with Crippen molar-refractivity contribution in [1.29, 1.82) is 0 Å². The van der Waals surface area contributed by atoms with Crippen LogP contribution in [0, 0.1) is 5.41 Å². The molecular formula is C15H26N2O. The molecule has 102 valence electrons. The molecule has 1 saturated heterocycles. The fourth-order valence-corrected chi connectivity index (χ4v) is 3.97. The van der Waals surface area contributed by atoms with Crippen LogP contribution < -0.4 is 5.32 Å². The summed E-state index contributed by atoms with van der Waals surface area (Å²) in [5, 5.41) is 3.58. The summed E-state index contributed by atoms with van der Waals surface area (Å²) >= 11 is 0. The van der Waals surface area contributed by atoms with E-state index in [0.29, 0.717) is 17.5 Å². The summed E-state index contributed by atoms with van der Waals surface area (Å²) in [7, 11) is 0. The van der Waals surface area contributed by atoms with E-state index in [9.17, 15) is 4.79 Å². The van der Waals surface area contributed by atoms with Crippen LogP contribution in [0.5, 0.6) is 0 Å². The summed E-state index contributed by atoms with van der Waals surface area (Å²) in [6.45, 7) is 5.48. The SMILES string of the molecule is CCC1NC2(CC2)C(=O)N1CC1(CC)CCCC1. The van der Waals surface area contributed by atoms with Gasteiger partial charge in [0, 0.05) is 6.54 Å². The highest BCUT2D eigenvalue weighted by atomic mass is 16.2. The van der Waals surface area contributed by atoms with Gasteiger partial charge in [0.25, 0.3) is 0 Å². The first kappa shape index (κ1) is 12.5. The summed E-state index contributed by atoms with van der Waals surface area (Å²) in [5.41, 5.74) is 0.291. The predicted octanol–water partition coefficient (Wildman–Crippen LogP) is 2.66. The number of hydrogen-bond acceptors (Lipinski definition) is 2. The van der Waals surface area contributed by atoms with Gasteiger partial charge in [0.1, 0.15) is 0 Å². The molecule has 0 radical (unpaired) electrons. The molecule has 3 rings (SSSR count). The highest BCUT2D eigenvalue weighted by Crippen LogP contribution is 2.47. The molecule has 2 saturated carbocycles. The van der Waals surface area contributed by atoms with E-state index in [4.69, 9.17) is 0 Å².